The van der Waals surface area contributed by atoms with Gasteiger partial charge in [0.05, 0.1) is 11.3 Å². The molecular formula is C26H24BrN3O2. The van der Waals surface area contributed by atoms with Gasteiger partial charge in [-0.1, -0.05) is 30.3 Å². The Morgan fingerprint density at radius 1 is 1.00 bits per heavy atom. The van der Waals surface area contributed by atoms with Gasteiger partial charge in [0, 0.05) is 48.1 Å². The lowest BCUT2D eigenvalue weighted by atomic mass is 10.1. The lowest BCUT2D eigenvalue weighted by molar-refractivity contribution is 0.102. The maximum absolute atomic E-state index is 12.8. The molecule has 5 rings (SSSR count). The van der Waals surface area contributed by atoms with Crippen molar-refractivity contribution in [3.05, 3.63) is 88.4 Å². The van der Waals surface area contributed by atoms with Crippen LogP contribution in [0.4, 0.5) is 5.69 Å². The molecule has 0 unspecified atom stereocenters. The number of rotatable bonds is 5. The summed E-state index contributed by atoms with van der Waals surface area (Å²) in [6.07, 6.45) is 0. The Morgan fingerprint density at radius 3 is 2.62 bits per heavy atom. The number of nitrogens with one attached hydrogen (secondary N) is 2. The zero-order valence-corrected chi connectivity index (χ0v) is 19.2. The molecule has 2 heterocycles. The Bertz CT molecular complexity index is 1260. The van der Waals surface area contributed by atoms with Crippen LogP contribution in [0.25, 0.3) is 22.3 Å². The molecule has 1 saturated heterocycles. The third-order valence-corrected chi connectivity index (χ3v) is 6.45. The van der Waals surface area contributed by atoms with Crippen molar-refractivity contribution < 1.29 is 9.21 Å². The van der Waals surface area contributed by atoms with Crippen LogP contribution in [0, 0.1) is 0 Å². The predicted octanol–water partition coefficient (Wildman–Crippen LogP) is 5.52. The molecule has 0 atom stereocenters. The second-order valence-electron chi connectivity index (χ2n) is 7.99. The van der Waals surface area contributed by atoms with Crippen molar-refractivity contribution in [2.75, 3.05) is 31.5 Å². The van der Waals surface area contributed by atoms with E-state index in [2.05, 4.69) is 49.7 Å². The number of amides is 1. The number of anilines is 1. The van der Waals surface area contributed by atoms with Crippen LogP contribution in [0.2, 0.25) is 0 Å². The maximum Gasteiger partial charge on any atom is 0.256 e. The average molecular weight is 490 g/mol. The minimum atomic E-state index is -0.167. The maximum atomic E-state index is 12.8. The molecular weight excluding hydrogens is 466 g/mol. The standard InChI is InChI=1S/C26H24BrN3O2/c27-22-7-3-1-5-20(22)26(31)29-23-8-4-2-6-21(23)25-16-19-15-18(9-10-24(19)32-25)17-30-13-11-28-12-14-30/h1-10,15-16,28H,11-14,17H2,(H,29,31). The van der Waals surface area contributed by atoms with Gasteiger partial charge in [-0.05, 0) is 64.0 Å². The Labute approximate surface area is 195 Å². The molecule has 162 valence electrons. The average Bonchev–Trinajstić information content (AvgIpc) is 3.23. The van der Waals surface area contributed by atoms with Gasteiger partial charge in [0.15, 0.2) is 0 Å². The van der Waals surface area contributed by atoms with Crippen LogP contribution < -0.4 is 10.6 Å². The smallest absolute Gasteiger partial charge is 0.256 e. The lowest BCUT2D eigenvalue weighted by Gasteiger charge is -2.27. The molecule has 32 heavy (non-hydrogen) atoms. The van der Waals surface area contributed by atoms with E-state index in [0.717, 1.165) is 59.5 Å². The van der Waals surface area contributed by atoms with Crippen molar-refractivity contribution in [3.63, 3.8) is 0 Å². The van der Waals surface area contributed by atoms with Crippen LogP contribution >= 0.6 is 15.9 Å². The molecule has 1 aliphatic rings. The molecule has 3 aromatic carbocycles. The fourth-order valence-corrected chi connectivity index (χ4v) is 4.56. The largest absolute Gasteiger partial charge is 0.456 e. The molecule has 1 amide bonds. The summed E-state index contributed by atoms with van der Waals surface area (Å²) in [5, 5.41) is 7.50. The molecule has 0 saturated carbocycles. The van der Waals surface area contributed by atoms with E-state index in [1.165, 1.54) is 5.56 Å². The van der Waals surface area contributed by atoms with Crippen molar-refractivity contribution in [1.29, 1.82) is 0 Å². The molecule has 1 fully saturated rings. The SMILES string of the molecule is O=C(Nc1ccccc1-c1cc2cc(CN3CCNCC3)ccc2o1)c1ccccc1Br. The molecule has 2 N–H and O–H groups in total. The fraction of sp³-hybridized carbons (Fsp3) is 0.192. The van der Waals surface area contributed by atoms with E-state index in [-0.39, 0.29) is 5.91 Å². The van der Waals surface area contributed by atoms with Gasteiger partial charge in [0.2, 0.25) is 0 Å². The number of para-hydroxylation sites is 1. The first-order chi connectivity index (χ1) is 15.7. The molecule has 5 nitrogen and oxygen atoms in total. The van der Waals surface area contributed by atoms with Gasteiger partial charge in [-0.25, -0.2) is 0 Å². The van der Waals surface area contributed by atoms with E-state index < -0.39 is 0 Å². The summed E-state index contributed by atoms with van der Waals surface area (Å²) >= 11 is 3.45. The van der Waals surface area contributed by atoms with Crippen LogP contribution in [0.3, 0.4) is 0 Å². The number of piperazine rings is 1. The van der Waals surface area contributed by atoms with Gasteiger partial charge in [-0.3, -0.25) is 9.69 Å². The highest BCUT2D eigenvalue weighted by molar-refractivity contribution is 9.10. The lowest BCUT2D eigenvalue weighted by Crippen LogP contribution is -2.42. The molecule has 4 aromatic rings. The highest BCUT2D eigenvalue weighted by atomic mass is 79.9. The molecule has 0 radical (unpaired) electrons. The third kappa shape index (κ3) is 4.48. The van der Waals surface area contributed by atoms with Crippen molar-refractivity contribution in [3.8, 4) is 11.3 Å². The number of nitrogens with zero attached hydrogens (tertiary/aromatic N) is 1. The summed E-state index contributed by atoms with van der Waals surface area (Å²) in [6.45, 7) is 5.16. The molecule has 6 heteroatoms. The first-order valence-electron chi connectivity index (χ1n) is 10.8. The summed E-state index contributed by atoms with van der Waals surface area (Å²) < 4.78 is 6.93. The molecule has 1 aromatic heterocycles. The Hall–Kier alpha value is -2.93. The van der Waals surface area contributed by atoms with Crippen molar-refractivity contribution >= 4 is 38.5 Å². The van der Waals surface area contributed by atoms with Gasteiger partial charge >= 0.3 is 0 Å². The first kappa shape index (κ1) is 20.9. The van der Waals surface area contributed by atoms with Crippen molar-refractivity contribution in [2.45, 2.75) is 6.54 Å². The number of halogens is 1. The number of hydrogen-bond acceptors (Lipinski definition) is 4. The summed E-state index contributed by atoms with van der Waals surface area (Å²) in [5.74, 6) is 0.571. The molecule has 1 aliphatic heterocycles. The molecule has 0 aliphatic carbocycles. The number of fused-ring (bicyclic) bond motifs is 1. The first-order valence-corrected chi connectivity index (χ1v) is 11.6. The summed E-state index contributed by atoms with van der Waals surface area (Å²) in [6, 6.07) is 23.6. The van der Waals surface area contributed by atoms with Gasteiger partial charge in [0.1, 0.15) is 11.3 Å². The van der Waals surface area contributed by atoms with Crippen LogP contribution in [-0.4, -0.2) is 37.0 Å². The molecule has 0 bridgehead atoms. The second kappa shape index (κ2) is 9.28. The Kier molecular flexibility index (Phi) is 6.08. The highest BCUT2D eigenvalue weighted by Crippen LogP contribution is 2.34. The third-order valence-electron chi connectivity index (χ3n) is 5.76. The quantitative estimate of drug-likeness (QED) is 0.387. The zero-order valence-electron chi connectivity index (χ0n) is 17.6. The second-order valence-corrected chi connectivity index (χ2v) is 8.84. The number of hydrogen-bond donors (Lipinski definition) is 2. The summed E-state index contributed by atoms with van der Waals surface area (Å²) in [4.78, 5) is 15.3. The summed E-state index contributed by atoms with van der Waals surface area (Å²) in [7, 11) is 0. The molecule has 0 spiro atoms. The van der Waals surface area contributed by atoms with Crippen molar-refractivity contribution in [2.24, 2.45) is 0 Å². The topological polar surface area (TPSA) is 57.5 Å². The minimum absolute atomic E-state index is 0.167. The van der Waals surface area contributed by atoms with Crippen molar-refractivity contribution in [1.82, 2.24) is 10.2 Å². The van der Waals surface area contributed by atoms with Gasteiger partial charge < -0.3 is 15.1 Å². The monoisotopic (exact) mass is 489 g/mol. The van der Waals surface area contributed by atoms with Gasteiger partial charge in [-0.2, -0.15) is 0 Å². The van der Waals surface area contributed by atoms with E-state index in [1.54, 1.807) is 6.07 Å². The van der Waals surface area contributed by atoms with Crippen LogP contribution in [-0.2, 0) is 6.54 Å². The van der Waals surface area contributed by atoms with Gasteiger partial charge in [-0.15, -0.1) is 0 Å². The van der Waals surface area contributed by atoms with E-state index in [9.17, 15) is 4.79 Å². The fourth-order valence-electron chi connectivity index (χ4n) is 4.09. The predicted molar refractivity (Wildman–Crippen MR) is 132 cm³/mol. The number of furan rings is 1. The van der Waals surface area contributed by atoms with Crippen LogP contribution in [0.5, 0.6) is 0 Å². The number of benzene rings is 3. The minimum Gasteiger partial charge on any atom is -0.456 e. The number of carbonyl (C=O) groups is 1. The van der Waals surface area contributed by atoms with E-state index in [4.69, 9.17) is 4.42 Å². The Balaban J connectivity index is 1.41. The van der Waals surface area contributed by atoms with Crippen LogP contribution in [0.15, 0.2) is 81.7 Å². The Morgan fingerprint density at radius 2 is 1.78 bits per heavy atom. The van der Waals surface area contributed by atoms with E-state index >= 15 is 0 Å². The van der Waals surface area contributed by atoms with Crippen LogP contribution in [0.1, 0.15) is 15.9 Å². The number of carbonyl (C=O) groups excluding carboxylic acids is 1. The van der Waals surface area contributed by atoms with E-state index in [0.29, 0.717) is 11.3 Å². The zero-order chi connectivity index (χ0) is 21.9. The highest BCUT2D eigenvalue weighted by Gasteiger charge is 2.16. The van der Waals surface area contributed by atoms with E-state index in [1.807, 2.05) is 48.5 Å². The summed E-state index contributed by atoms with van der Waals surface area (Å²) in [5.41, 5.74) is 4.28. The normalized spacial score (nSPS) is 14.5. The van der Waals surface area contributed by atoms with Gasteiger partial charge in [0.25, 0.3) is 5.91 Å².